The number of nitrogens with zero attached hydrogens (tertiary/aromatic N) is 2. The Morgan fingerprint density at radius 3 is 2.68 bits per heavy atom. The van der Waals surface area contributed by atoms with Gasteiger partial charge in [-0.05, 0) is 37.9 Å². The maximum absolute atomic E-state index is 10.5. The van der Waals surface area contributed by atoms with Crippen molar-refractivity contribution < 1.29 is 9.53 Å². The van der Waals surface area contributed by atoms with E-state index in [0.29, 0.717) is 6.61 Å². The average molecular weight is 364 g/mol. The van der Waals surface area contributed by atoms with Gasteiger partial charge in [-0.1, -0.05) is 18.2 Å². The summed E-state index contributed by atoms with van der Waals surface area (Å²) in [6.07, 6.45) is 4.36. The van der Waals surface area contributed by atoms with Crippen molar-refractivity contribution in [1.82, 2.24) is 4.90 Å². The van der Waals surface area contributed by atoms with Crippen molar-refractivity contribution in [1.29, 1.82) is 0 Å². The summed E-state index contributed by atoms with van der Waals surface area (Å²) in [5, 5.41) is 0. The van der Waals surface area contributed by atoms with Crippen LogP contribution in [0.2, 0.25) is 0 Å². The molecule has 0 spiro atoms. The van der Waals surface area contributed by atoms with E-state index in [1.165, 1.54) is 10.6 Å². The molecule has 5 nitrogen and oxygen atoms in total. The zero-order chi connectivity index (χ0) is 17.9. The number of benzene rings is 1. The summed E-state index contributed by atoms with van der Waals surface area (Å²) in [4.78, 5) is 16.8. The molecule has 2 N–H and O–H groups in total. The summed E-state index contributed by atoms with van der Waals surface area (Å²) in [6, 6.07) is 8.64. The summed E-state index contributed by atoms with van der Waals surface area (Å²) >= 11 is 1.85. The van der Waals surface area contributed by atoms with Gasteiger partial charge in [-0.25, -0.2) is 4.79 Å². The number of carbonyl (C=O) groups excluding carboxylic acids is 1. The van der Waals surface area contributed by atoms with Crippen molar-refractivity contribution in [3.63, 3.8) is 0 Å². The summed E-state index contributed by atoms with van der Waals surface area (Å²) in [5.41, 5.74) is 6.29. The third-order valence-corrected chi connectivity index (χ3v) is 5.36. The second-order valence-electron chi connectivity index (χ2n) is 6.12. The van der Waals surface area contributed by atoms with Gasteiger partial charge in [0.15, 0.2) is 0 Å². The number of hydrogen-bond donors (Lipinski definition) is 1. The molecule has 0 aliphatic carbocycles. The van der Waals surface area contributed by atoms with E-state index in [0.717, 1.165) is 57.7 Å². The molecule has 1 aliphatic heterocycles. The van der Waals surface area contributed by atoms with Gasteiger partial charge in [-0.3, -0.25) is 4.90 Å². The third-order valence-electron chi connectivity index (χ3n) is 4.30. The van der Waals surface area contributed by atoms with E-state index in [1.807, 2.05) is 17.8 Å². The first-order valence-electron chi connectivity index (χ1n) is 8.93. The van der Waals surface area contributed by atoms with Crippen molar-refractivity contribution >= 4 is 23.5 Å². The highest BCUT2D eigenvalue weighted by atomic mass is 32.2. The van der Waals surface area contributed by atoms with Crippen molar-refractivity contribution in [2.75, 3.05) is 50.0 Å². The van der Waals surface area contributed by atoms with Crippen molar-refractivity contribution in [3.05, 3.63) is 36.9 Å². The Bertz CT molecular complexity index is 545. The standard InChI is InChI=1S/C19H29N3O2S/c1-2-16-25-18-9-5-4-8-17(18)22-13-11-21(12-14-22)10-6-3-7-15-24-19(20)23/h2,4-5,8-9H,1,3,6-7,10-16H2,(H2,20,23). The van der Waals surface area contributed by atoms with Crippen LogP contribution in [0.25, 0.3) is 0 Å². The van der Waals surface area contributed by atoms with Gasteiger partial charge < -0.3 is 15.4 Å². The fourth-order valence-corrected chi connectivity index (χ4v) is 3.81. The van der Waals surface area contributed by atoms with Gasteiger partial charge in [-0.15, -0.1) is 18.3 Å². The number of unbranched alkanes of at least 4 members (excludes halogenated alkanes) is 2. The molecule has 0 bridgehead atoms. The maximum Gasteiger partial charge on any atom is 0.404 e. The third kappa shape index (κ3) is 7.00. The highest BCUT2D eigenvalue weighted by Crippen LogP contribution is 2.30. The van der Waals surface area contributed by atoms with Crippen LogP contribution in [0.15, 0.2) is 41.8 Å². The summed E-state index contributed by atoms with van der Waals surface area (Å²) in [5.74, 6) is 0.941. The number of rotatable bonds is 10. The lowest BCUT2D eigenvalue weighted by molar-refractivity contribution is 0.153. The predicted molar refractivity (Wildman–Crippen MR) is 105 cm³/mol. The van der Waals surface area contributed by atoms with Gasteiger partial charge in [0.05, 0.1) is 12.3 Å². The van der Waals surface area contributed by atoms with Crippen LogP contribution in [-0.4, -0.2) is 56.1 Å². The summed E-state index contributed by atoms with van der Waals surface area (Å²) in [7, 11) is 0. The number of anilines is 1. The molecule has 25 heavy (non-hydrogen) atoms. The quantitative estimate of drug-likeness (QED) is 0.392. The number of nitrogens with two attached hydrogens (primary N) is 1. The average Bonchev–Trinajstić information content (AvgIpc) is 2.63. The summed E-state index contributed by atoms with van der Waals surface area (Å²) < 4.78 is 4.75. The van der Waals surface area contributed by atoms with Crippen LogP contribution in [0, 0.1) is 0 Å². The molecule has 0 aromatic heterocycles. The molecule has 1 aromatic rings. The molecule has 1 fully saturated rings. The van der Waals surface area contributed by atoms with E-state index in [2.05, 4.69) is 40.6 Å². The lowest BCUT2D eigenvalue weighted by atomic mass is 10.2. The van der Waals surface area contributed by atoms with Crippen LogP contribution >= 0.6 is 11.8 Å². The Kier molecular flexibility index (Phi) is 8.69. The molecule has 0 atom stereocenters. The van der Waals surface area contributed by atoms with Crippen LogP contribution in [0.4, 0.5) is 10.5 Å². The van der Waals surface area contributed by atoms with Crippen molar-refractivity contribution in [2.45, 2.75) is 24.2 Å². The van der Waals surface area contributed by atoms with E-state index in [9.17, 15) is 4.79 Å². The molecule has 0 unspecified atom stereocenters. The van der Waals surface area contributed by atoms with Gasteiger partial charge in [0.1, 0.15) is 0 Å². The molecule has 0 saturated carbocycles. The lowest BCUT2D eigenvalue weighted by Gasteiger charge is -2.37. The second kappa shape index (κ2) is 11.1. The Balaban J connectivity index is 1.69. The van der Waals surface area contributed by atoms with Gasteiger partial charge in [-0.2, -0.15) is 0 Å². The maximum atomic E-state index is 10.5. The van der Waals surface area contributed by atoms with Crippen molar-refractivity contribution in [2.24, 2.45) is 5.73 Å². The van der Waals surface area contributed by atoms with Crippen LogP contribution in [0.5, 0.6) is 0 Å². The largest absolute Gasteiger partial charge is 0.450 e. The minimum absolute atomic E-state index is 0.433. The van der Waals surface area contributed by atoms with Gasteiger partial charge in [0.25, 0.3) is 0 Å². The Morgan fingerprint density at radius 1 is 1.20 bits per heavy atom. The van der Waals surface area contributed by atoms with E-state index in [4.69, 9.17) is 10.5 Å². The molecular weight excluding hydrogens is 334 g/mol. The first-order valence-corrected chi connectivity index (χ1v) is 9.91. The van der Waals surface area contributed by atoms with E-state index >= 15 is 0 Å². The molecular formula is C19H29N3O2S. The molecule has 6 heteroatoms. The first kappa shape index (κ1) is 19.7. The van der Waals surface area contributed by atoms with E-state index in [1.54, 1.807) is 0 Å². The molecule has 1 heterocycles. The Morgan fingerprint density at radius 2 is 1.96 bits per heavy atom. The van der Waals surface area contributed by atoms with Gasteiger partial charge >= 0.3 is 6.09 Å². The van der Waals surface area contributed by atoms with Crippen LogP contribution in [0.1, 0.15) is 19.3 Å². The molecule has 2 rings (SSSR count). The molecule has 1 aromatic carbocycles. The molecule has 138 valence electrons. The number of ether oxygens (including phenoxy) is 1. The topological polar surface area (TPSA) is 58.8 Å². The van der Waals surface area contributed by atoms with Gasteiger partial charge in [0.2, 0.25) is 0 Å². The Hall–Kier alpha value is -1.66. The number of amides is 1. The number of carbonyl (C=O) groups is 1. The monoisotopic (exact) mass is 363 g/mol. The first-order chi connectivity index (χ1) is 12.2. The number of primary amides is 1. The van der Waals surface area contributed by atoms with Crippen LogP contribution < -0.4 is 10.6 Å². The fourth-order valence-electron chi connectivity index (χ4n) is 2.99. The number of hydrogen-bond acceptors (Lipinski definition) is 5. The van der Waals surface area contributed by atoms with Crippen molar-refractivity contribution in [3.8, 4) is 0 Å². The molecule has 1 amide bonds. The molecule has 0 radical (unpaired) electrons. The normalized spacial score (nSPS) is 15.1. The number of para-hydroxylation sites is 1. The number of thioether (sulfide) groups is 1. The minimum atomic E-state index is -0.678. The smallest absolute Gasteiger partial charge is 0.404 e. The molecule has 1 aliphatic rings. The van der Waals surface area contributed by atoms with Crippen LogP contribution in [0.3, 0.4) is 0 Å². The predicted octanol–water partition coefficient (Wildman–Crippen LogP) is 3.35. The van der Waals surface area contributed by atoms with E-state index in [-0.39, 0.29) is 0 Å². The fraction of sp³-hybridized carbons (Fsp3) is 0.526. The lowest BCUT2D eigenvalue weighted by Crippen LogP contribution is -2.46. The van der Waals surface area contributed by atoms with Gasteiger partial charge in [0, 0.05) is 36.8 Å². The zero-order valence-corrected chi connectivity index (χ0v) is 15.7. The Labute approximate surface area is 155 Å². The highest BCUT2D eigenvalue weighted by molar-refractivity contribution is 7.99. The SMILES string of the molecule is C=CCSc1ccccc1N1CCN(CCCCCOC(N)=O)CC1. The molecule has 1 saturated heterocycles. The highest BCUT2D eigenvalue weighted by Gasteiger charge is 2.18. The zero-order valence-electron chi connectivity index (χ0n) is 14.9. The second-order valence-corrected chi connectivity index (χ2v) is 7.19. The van der Waals surface area contributed by atoms with E-state index < -0.39 is 6.09 Å². The minimum Gasteiger partial charge on any atom is -0.450 e. The number of piperazine rings is 1. The van der Waals surface area contributed by atoms with Crippen LogP contribution in [-0.2, 0) is 4.74 Å². The summed E-state index contributed by atoms with van der Waals surface area (Å²) in [6.45, 7) is 9.68.